The Bertz CT molecular complexity index is 555. The minimum Gasteiger partial charge on any atom is -0.311 e. The first-order valence-electron chi connectivity index (χ1n) is 5.84. The van der Waals surface area contributed by atoms with Crippen molar-refractivity contribution in [2.24, 2.45) is 0 Å². The lowest BCUT2D eigenvalue weighted by Crippen LogP contribution is -2.21. The minimum atomic E-state index is -0.535. The van der Waals surface area contributed by atoms with Gasteiger partial charge >= 0.3 is 0 Å². The summed E-state index contributed by atoms with van der Waals surface area (Å²) in [4.78, 5) is 4.25. The number of nitrogens with one attached hydrogen (secondary N) is 1. The molecule has 5 heteroatoms. The fraction of sp³-hybridized carbons (Fsp3) is 0.214. The summed E-state index contributed by atoms with van der Waals surface area (Å²) in [7, 11) is 1.74. The molecule has 0 saturated heterocycles. The Labute approximate surface area is 119 Å². The van der Waals surface area contributed by atoms with Crippen molar-refractivity contribution >= 4 is 15.9 Å². The Morgan fingerprint density at radius 3 is 2.47 bits per heavy atom. The molecule has 0 aliphatic rings. The van der Waals surface area contributed by atoms with E-state index in [2.05, 4.69) is 26.2 Å². The van der Waals surface area contributed by atoms with Gasteiger partial charge < -0.3 is 5.32 Å². The maximum atomic E-state index is 13.7. The fourth-order valence-electron chi connectivity index (χ4n) is 1.92. The van der Waals surface area contributed by atoms with E-state index in [1.165, 1.54) is 18.2 Å². The van der Waals surface area contributed by atoms with Crippen LogP contribution in [0.4, 0.5) is 8.78 Å². The molecule has 1 aromatic carbocycles. The van der Waals surface area contributed by atoms with Gasteiger partial charge in [0.15, 0.2) is 0 Å². The molecule has 0 aliphatic carbocycles. The first-order chi connectivity index (χ1) is 9.13. The smallest absolute Gasteiger partial charge is 0.129 e. The van der Waals surface area contributed by atoms with Crippen LogP contribution in [0.2, 0.25) is 0 Å². The highest BCUT2D eigenvalue weighted by Crippen LogP contribution is 2.25. The number of hydrogen-bond donors (Lipinski definition) is 1. The monoisotopic (exact) mass is 326 g/mol. The van der Waals surface area contributed by atoms with E-state index < -0.39 is 11.6 Å². The topological polar surface area (TPSA) is 24.9 Å². The Balaban J connectivity index is 2.32. The third-order valence-electron chi connectivity index (χ3n) is 2.94. The molecule has 0 spiro atoms. The van der Waals surface area contributed by atoms with Gasteiger partial charge in [-0.25, -0.2) is 8.78 Å². The summed E-state index contributed by atoms with van der Waals surface area (Å²) >= 11 is 3.40. The van der Waals surface area contributed by atoms with Crippen LogP contribution in [0, 0.1) is 11.6 Å². The van der Waals surface area contributed by atoms with Crippen molar-refractivity contribution in [2.75, 3.05) is 7.05 Å². The molecule has 19 heavy (non-hydrogen) atoms. The lowest BCUT2D eigenvalue weighted by atomic mass is 10.0. The van der Waals surface area contributed by atoms with Crippen LogP contribution in [-0.2, 0) is 6.42 Å². The number of aromatic nitrogens is 1. The van der Waals surface area contributed by atoms with Gasteiger partial charge in [-0.15, -0.1) is 0 Å². The summed E-state index contributed by atoms with van der Waals surface area (Å²) in [6, 6.07) is 7.27. The van der Waals surface area contributed by atoms with Crippen LogP contribution in [0.25, 0.3) is 0 Å². The van der Waals surface area contributed by atoms with E-state index >= 15 is 0 Å². The molecule has 0 saturated carbocycles. The largest absolute Gasteiger partial charge is 0.311 e. The van der Waals surface area contributed by atoms with Crippen molar-refractivity contribution in [1.82, 2.24) is 10.3 Å². The Kier molecular flexibility index (Phi) is 4.61. The van der Waals surface area contributed by atoms with Crippen molar-refractivity contribution < 1.29 is 8.78 Å². The molecule has 1 heterocycles. The normalized spacial score (nSPS) is 12.4. The number of rotatable bonds is 4. The van der Waals surface area contributed by atoms with Crippen molar-refractivity contribution in [3.63, 3.8) is 0 Å². The fourth-order valence-corrected chi connectivity index (χ4v) is 2.45. The van der Waals surface area contributed by atoms with Crippen LogP contribution in [0.5, 0.6) is 0 Å². The van der Waals surface area contributed by atoms with Crippen LogP contribution < -0.4 is 5.32 Å². The molecule has 100 valence electrons. The standard InChI is InChI=1S/C14H13BrF2N2/c1-18-13(14-10(15)4-3-7-19-14)8-9-11(16)5-2-6-12(9)17/h2-7,13,18H,8H2,1H3. The van der Waals surface area contributed by atoms with Crippen LogP contribution >= 0.6 is 15.9 Å². The summed E-state index contributed by atoms with van der Waals surface area (Å²) in [6.07, 6.45) is 1.85. The molecule has 1 unspecified atom stereocenters. The summed E-state index contributed by atoms with van der Waals surface area (Å²) in [6.45, 7) is 0. The van der Waals surface area contributed by atoms with E-state index in [1.807, 2.05) is 6.07 Å². The minimum absolute atomic E-state index is 0.0689. The number of pyridine rings is 1. The van der Waals surface area contributed by atoms with Crippen LogP contribution in [-0.4, -0.2) is 12.0 Å². The summed E-state index contributed by atoms with van der Waals surface area (Å²) in [5.74, 6) is -1.07. The Morgan fingerprint density at radius 1 is 1.21 bits per heavy atom. The third kappa shape index (κ3) is 3.16. The summed E-state index contributed by atoms with van der Waals surface area (Å²) in [5.41, 5.74) is 0.798. The van der Waals surface area contributed by atoms with Crippen molar-refractivity contribution in [3.05, 3.63) is 63.9 Å². The van der Waals surface area contributed by atoms with Crippen LogP contribution in [0.1, 0.15) is 17.3 Å². The molecule has 2 aromatic rings. The van der Waals surface area contributed by atoms with Gasteiger partial charge in [-0.3, -0.25) is 4.98 Å². The molecule has 1 atom stereocenters. The first kappa shape index (κ1) is 14.1. The maximum Gasteiger partial charge on any atom is 0.129 e. The predicted octanol–water partition coefficient (Wildman–Crippen LogP) is 3.63. The van der Waals surface area contributed by atoms with Crippen molar-refractivity contribution in [1.29, 1.82) is 0 Å². The number of halogens is 3. The van der Waals surface area contributed by atoms with E-state index in [4.69, 9.17) is 0 Å². The molecule has 0 fully saturated rings. The molecule has 2 nitrogen and oxygen atoms in total. The summed E-state index contributed by atoms with van der Waals surface area (Å²) < 4.78 is 28.1. The second kappa shape index (κ2) is 6.21. The maximum absolute atomic E-state index is 13.7. The zero-order chi connectivity index (χ0) is 13.8. The van der Waals surface area contributed by atoms with Gasteiger partial charge in [-0.1, -0.05) is 6.07 Å². The van der Waals surface area contributed by atoms with Gasteiger partial charge in [-0.2, -0.15) is 0 Å². The van der Waals surface area contributed by atoms with Gasteiger partial charge in [0.2, 0.25) is 0 Å². The molecule has 2 rings (SSSR count). The van der Waals surface area contributed by atoms with Gasteiger partial charge in [-0.05, 0) is 53.7 Å². The van der Waals surface area contributed by atoms with Crippen molar-refractivity contribution in [2.45, 2.75) is 12.5 Å². The zero-order valence-electron chi connectivity index (χ0n) is 10.3. The van der Waals surface area contributed by atoms with Crippen molar-refractivity contribution in [3.8, 4) is 0 Å². The molecule has 0 amide bonds. The third-order valence-corrected chi connectivity index (χ3v) is 3.61. The average molecular weight is 327 g/mol. The van der Waals surface area contributed by atoms with Gasteiger partial charge in [0, 0.05) is 16.2 Å². The van der Waals surface area contributed by atoms with E-state index in [0.29, 0.717) is 0 Å². The van der Waals surface area contributed by atoms with Gasteiger partial charge in [0.1, 0.15) is 11.6 Å². The molecule has 0 bridgehead atoms. The first-order valence-corrected chi connectivity index (χ1v) is 6.63. The highest BCUT2D eigenvalue weighted by Gasteiger charge is 2.18. The quantitative estimate of drug-likeness (QED) is 0.928. The van der Waals surface area contributed by atoms with Gasteiger partial charge in [0.25, 0.3) is 0 Å². The van der Waals surface area contributed by atoms with E-state index in [-0.39, 0.29) is 18.0 Å². The predicted molar refractivity (Wildman–Crippen MR) is 73.8 cm³/mol. The molecular weight excluding hydrogens is 314 g/mol. The zero-order valence-corrected chi connectivity index (χ0v) is 11.9. The molecular formula is C14H13BrF2N2. The molecule has 0 aliphatic heterocycles. The van der Waals surface area contributed by atoms with E-state index in [0.717, 1.165) is 10.2 Å². The molecule has 1 N–H and O–H groups in total. The number of nitrogens with zero attached hydrogens (tertiary/aromatic N) is 1. The number of hydrogen-bond acceptors (Lipinski definition) is 2. The van der Waals surface area contributed by atoms with E-state index in [9.17, 15) is 8.78 Å². The number of likely N-dealkylation sites (N-methyl/N-ethyl adjacent to an activating group) is 1. The molecule has 1 aromatic heterocycles. The van der Waals surface area contributed by atoms with E-state index in [1.54, 1.807) is 19.3 Å². The Hall–Kier alpha value is -1.33. The van der Waals surface area contributed by atoms with Crippen LogP contribution in [0.15, 0.2) is 41.0 Å². The highest BCUT2D eigenvalue weighted by atomic mass is 79.9. The Morgan fingerprint density at radius 2 is 1.89 bits per heavy atom. The second-order valence-corrected chi connectivity index (χ2v) is 4.97. The SMILES string of the molecule is CNC(Cc1c(F)cccc1F)c1ncccc1Br. The second-order valence-electron chi connectivity index (χ2n) is 4.12. The lowest BCUT2D eigenvalue weighted by molar-refractivity contribution is 0.508. The number of benzene rings is 1. The molecule has 0 radical (unpaired) electrons. The van der Waals surface area contributed by atoms with Crippen LogP contribution in [0.3, 0.4) is 0 Å². The van der Waals surface area contributed by atoms with Gasteiger partial charge in [0.05, 0.1) is 11.7 Å². The average Bonchev–Trinajstić information content (AvgIpc) is 2.40. The highest BCUT2D eigenvalue weighted by molar-refractivity contribution is 9.10. The summed E-state index contributed by atoms with van der Waals surface area (Å²) in [5, 5.41) is 3.04. The lowest BCUT2D eigenvalue weighted by Gasteiger charge is -2.17.